The standard InChI is InChI=1S/C41H69O10P/c1-4-5-20-28-37(42)29-22-16-12-10-13-17-23-30-38(43)31-24-19-26-32-40(44)49-34-39(35-50-52(46,47)48)51-41(45)33-25-18-14-9-7-6-8-11-15-21-27-36(2)3/h5,12-13,16-17,20,22-24,29-31,36-39,42-43H,4,6-11,14-15,18-19,21,25-28,32-35H2,1-3H3,(H2,46,47,48)/b16-12-,17-13-,20-5-,29-22+,30-23+,31-24-/t37-,38-,39-/m1/s1. The number of phosphoric ester groups is 1. The Morgan fingerprint density at radius 1 is 0.673 bits per heavy atom. The lowest BCUT2D eigenvalue weighted by molar-refractivity contribution is -0.161. The molecule has 298 valence electrons. The van der Waals surface area contributed by atoms with Gasteiger partial charge in [-0.15, -0.1) is 0 Å². The van der Waals surface area contributed by atoms with E-state index in [1.807, 2.05) is 42.5 Å². The van der Waals surface area contributed by atoms with E-state index in [1.165, 1.54) is 44.9 Å². The highest BCUT2D eigenvalue weighted by Crippen LogP contribution is 2.36. The van der Waals surface area contributed by atoms with E-state index in [4.69, 9.17) is 19.3 Å². The SMILES string of the molecule is CC/C=C\C[C@@H](O)/C=C/C=C\C/C=C\C=C\[C@@H](O)/C=C\CCCC(=O)OC[C@H](COP(=O)(O)O)OC(=O)CCCCCCCCCCCCC(C)C. The zero-order valence-electron chi connectivity index (χ0n) is 32.1. The highest BCUT2D eigenvalue weighted by Gasteiger charge is 2.22. The number of aliphatic hydroxyl groups excluding tert-OH is 2. The zero-order valence-corrected chi connectivity index (χ0v) is 33.0. The van der Waals surface area contributed by atoms with E-state index in [-0.39, 0.29) is 19.4 Å². The van der Waals surface area contributed by atoms with Crippen LogP contribution in [0.5, 0.6) is 0 Å². The number of esters is 2. The molecule has 0 saturated heterocycles. The van der Waals surface area contributed by atoms with Gasteiger partial charge in [0.1, 0.15) is 6.61 Å². The third-order valence-corrected chi connectivity index (χ3v) is 8.33. The van der Waals surface area contributed by atoms with Crippen molar-refractivity contribution in [2.45, 2.75) is 155 Å². The van der Waals surface area contributed by atoms with Gasteiger partial charge in [-0.25, -0.2) is 4.57 Å². The molecule has 0 aliphatic rings. The zero-order chi connectivity index (χ0) is 38.7. The van der Waals surface area contributed by atoms with Gasteiger partial charge in [-0.1, -0.05) is 158 Å². The quantitative estimate of drug-likeness (QED) is 0.0167. The molecule has 0 saturated carbocycles. The van der Waals surface area contributed by atoms with Crippen molar-refractivity contribution in [3.8, 4) is 0 Å². The minimum Gasteiger partial charge on any atom is -0.462 e. The average Bonchev–Trinajstić information content (AvgIpc) is 3.08. The Morgan fingerprint density at radius 2 is 1.27 bits per heavy atom. The van der Waals surface area contributed by atoms with Gasteiger partial charge in [-0.2, -0.15) is 0 Å². The van der Waals surface area contributed by atoms with E-state index >= 15 is 0 Å². The van der Waals surface area contributed by atoms with Gasteiger partial charge in [0.25, 0.3) is 0 Å². The van der Waals surface area contributed by atoms with Crippen LogP contribution in [0.2, 0.25) is 0 Å². The average molecular weight is 753 g/mol. The van der Waals surface area contributed by atoms with Crippen LogP contribution in [0.1, 0.15) is 136 Å². The van der Waals surface area contributed by atoms with Gasteiger partial charge in [0.2, 0.25) is 0 Å². The van der Waals surface area contributed by atoms with Crippen molar-refractivity contribution >= 4 is 19.8 Å². The van der Waals surface area contributed by atoms with Gasteiger partial charge in [-0.3, -0.25) is 14.1 Å². The van der Waals surface area contributed by atoms with E-state index in [0.717, 1.165) is 31.6 Å². The number of aliphatic hydroxyl groups is 2. The van der Waals surface area contributed by atoms with Gasteiger partial charge in [0, 0.05) is 12.8 Å². The molecule has 0 unspecified atom stereocenters. The van der Waals surface area contributed by atoms with E-state index in [9.17, 15) is 24.4 Å². The first-order chi connectivity index (χ1) is 24.9. The number of rotatable bonds is 33. The molecular formula is C41H69O10P. The first-order valence-electron chi connectivity index (χ1n) is 19.3. The fraction of sp³-hybridized carbons (Fsp3) is 0.659. The molecule has 0 fully saturated rings. The van der Waals surface area contributed by atoms with Crippen molar-refractivity contribution in [3.63, 3.8) is 0 Å². The summed E-state index contributed by atoms with van der Waals surface area (Å²) in [5.74, 6) is -0.294. The lowest BCUT2D eigenvalue weighted by Gasteiger charge is -2.18. The van der Waals surface area contributed by atoms with Gasteiger partial charge >= 0.3 is 19.8 Å². The number of ether oxygens (including phenoxy) is 2. The van der Waals surface area contributed by atoms with Gasteiger partial charge in [0.15, 0.2) is 6.10 Å². The molecule has 3 atom stereocenters. The van der Waals surface area contributed by atoms with Crippen LogP contribution < -0.4 is 0 Å². The van der Waals surface area contributed by atoms with Crippen molar-refractivity contribution in [2.24, 2.45) is 5.92 Å². The third-order valence-electron chi connectivity index (χ3n) is 7.84. The highest BCUT2D eigenvalue weighted by molar-refractivity contribution is 7.46. The molecule has 10 nitrogen and oxygen atoms in total. The number of carbonyl (C=O) groups excluding carboxylic acids is 2. The molecule has 0 aromatic carbocycles. The summed E-state index contributed by atoms with van der Waals surface area (Å²) in [6, 6.07) is 0. The van der Waals surface area contributed by atoms with Crippen LogP contribution in [0, 0.1) is 5.92 Å². The molecule has 0 radical (unpaired) electrons. The number of carbonyl (C=O) groups is 2. The Kier molecular flexibility index (Phi) is 32.5. The molecule has 4 N–H and O–H groups in total. The van der Waals surface area contributed by atoms with Crippen LogP contribution in [0.3, 0.4) is 0 Å². The van der Waals surface area contributed by atoms with E-state index in [0.29, 0.717) is 32.1 Å². The first kappa shape index (κ1) is 49.4. The van der Waals surface area contributed by atoms with Crippen LogP contribution in [-0.2, 0) is 28.2 Å². The van der Waals surface area contributed by atoms with E-state index < -0.39 is 44.7 Å². The molecule has 0 aliphatic carbocycles. The van der Waals surface area contributed by atoms with Crippen LogP contribution >= 0.6 is 7.82 Å². The van der Waals surface area contributed by atoms with Crippen molar-refractivity contribution < 1.29 is 48.2 Å². The summed E-state index contributed by atoms with van der Waals surface area (Å²) in [4.78, 5) is 42.7. The molecule has 0 aromatic rings. The first-order valence-corrected chi connectivity index (χ1v) is 20.9. The topological polar surface area (TPSA) is 160 Å². The summed E-state index contributed by atoms with van der Waals surface area (Å²) in [7, 11) is -4.80. The van der Waals surface area contributed by atoms with Crippen molar-refractivity contribution in [1.82, 2.24) is 0 Å². The second kappa shape index (κ2) is 34.2. The number of hydrogen-bond acceptors (Lipinski definition) is 8. The fourth-order valence-corrected chi connectivity index (χ4v) is 5.30. The normalized spacial score (nSPS) is 14.6. The lowest BCUT2D eigenvalue weighted by Crippen LogP contribution is -2.29. The summed E-state index contributed by atoms with van der Waals surface area (Å²) < 4.78 is 26.2. The van der Waals surface area contributed by atoms with Gasteiger partial charge in [0.05, 0.1) is 18.8 Å². The summed E-state index contributed by atoms with van der Waals surface area (Å²) in [5, 5.41) is 19.9. The summed E-state index contributed by atoms with van der Waals surface area (Å²) in [5.41, 5.74) is 0. The molecule has 11 heteroatoms. The van der Waals surface area contributed by atoms with Crippen molar-refractivity contribution in [1.29, 1.82) is 0 Å². The Morgan fingerprint density at radius 3 is 1.88 bits per heavy atom. The molecule has 0 aromatic heterocycles. The fourth-order valence-electron chi connectivity index (χ4n) is 4.94. The summed E-state index contributed by atoms with van der Waals surface area (Å²) in [6.45, 7) is 5.61. The number of unbranched alkanes of at least 4 members (excludes halogenated alkanes) is 10. The second-order valence-electron chi connectivity index (χ2n) is 13.4. The van der Waals surface area contributed by atoms with Gasteiger partial charge in [-0.05, 0) is 44.4 Å². The maximum Gasteiger partial charge on any atom is 0.469 e. The number of hydrogen-bond donors (Lipinski definition) is 4. The largest absolute Gasteiger partial charge is 0.469 e. The van der Waals surface area contributed by atoms with Crippen LogP contribution in [-0.4, -0.2) is 63.5 Å². The van der Waals surface area contributed by atoms with Crippen LogP contribution in [0.15, 0.2) is 72.9 Å². The number of phosphoric acid groups is 1. The molecule has 0 spiro atoms. The number of allylic oxidation sites excluding steroid dienone is 8. The highest BCUT2D eigenvalue weighted by atomic mass is 31.2. The molecule has 0 rings (SSSR count). The van der Waals surface area contributed by atoms with E-state index in [1.54, 1.807) is 30.4 Å². The second-order valence-corrected chi connectivity index (χ2v) is 14.6. The van der Waals surface area contributed by atoms with E-state index in [2.05, 4.69) is 25.3 Å². The minimum atomic E-state index is -4.80. The Labute approximate surface area is 314 Å². The summed E-state index contributed by atoms with van der Waals surface area (Å²) in [6.07, 6.45) is 35.7. The maximum absolute atomic E-state index is 12.4. The Hall–Kier alpha value is -2.59. The van der Waals surface area contributed by atoms with Crippen LogP contribution in [0.4, 0.5) is 0 Å². The Balaban J connectivity index is 4.25. The smallest absolute Gasteiger partial charge is 0.462 e. The molecule has 52 heavy (non-hydrogen) atoms. The third kappa shape index (κ3) is 37.2. The monoisotopic (exact) mass is 752 g/mol. The molecule has 0 aliphatic heterocycles. The van der Waals surface area contributed by atoms with Crippen molar-refractivity contribution in [2.75, 3.05) is 13.2 Å². The predicted molar refractivity (Wildman–Crippen MR) is 209 cm³/mol. The molecule has 0 amide bonds. The van der Waals surface area contributed by atoms with Gasteiger partial charge < -0.3 is 29.5 Å². The van der Waals surface area contributed by atoms with Crippen molar-refractivity contribution in [3.05, 3.63) is 72.9 Å². The molecular weight excluding hydrogens is 683 g/mol. The molecule has 0 heterocycles. The Bertz CT molecular complexity index is 1120. The van der Waals surface area contributed by atoms with Crippen LogP contribution in [0.25, 0.3) is 0 Å². The minimum absolute atomic E-state index is 0.0781. The summed E-state index contributed by atoms with van der Waals surface area (Å²) >= 11 is 0. The predicted octanol–water partition coefficient (Wildman–Crippen LogP) is 9.31. The maximum atomic E-state index is 12.4. The molecule has 0 bridgehead atoms. The lowest BCUT2D eigenvalue weighted by atomic mass is 10.0.